The zero-order chi connectivity index (χ0) is 21.6. The third-order valence-electron chi connectivity index (χ3n) is 6.54. The van der Waals surface area contributed by atoms with Crippen molar-refractivity contribution in [3.05, 3.63) is 11.7 Å². The van der Waals surface area contributed by atoms with Crippen LogP contribution in [0, 0.1) is 5.92 Å². The van der Waals surface area contributed by atoms with Gasteiger partial charge in [0.1, 0.15) is 0 Å². The largest absolute Gasteiger partial charge is 0.339 e. The van der Waals surface area contributed by atoms with Crippen LogP contribution < -0.4 is 5.48 Å². The smallest absolute Gasteiger partial charge is 0.244 e. The lowest BCUT2D eigenvalue weighted by atomic mass is 9.84. The van der Waals surface area contributed by atoms with Crippen LogP contribution in [0.1, 0.15) is 94.2 Å². The molecule has 2 N–H and O–H groups in total. The van der Waals surface area contributed by atoms with Gasteiger partial charge in [0, 0.05) is 31.3 Å². The van der Waals surface area contributed by atoms with Gasteiger partial charge in [0.2, 0.25) is 21.8 Å². The molecule has 170 valence electrons. The minimum absolute atomic E-state index is 0.0510. The molecule has 1 aliphatic carbocycles. The third kappa shape index (κ3) is 6.49. The van der Waals surface area contributed by atoms with Crippen LogP contribution in [0.5, 0.6) is 0 Å². The zero-order valence-electron chi connectivity index (χ0n) is 17.8. The molecule has 2 aliphatic rings. The minimum atomic E-state index is -3.17. The van der Waals surface area contributed by atoms with Crippen LogP contribution in [0.3, 0.4) is 0 Å². The lowest BCUT2D eigenvalue weighted by molar-refractivity contribution is -0.129. The Bertz CT molecular complexity index is 783. The Balaban J connectivity index is 1.58. The van der Waals surface area contributed by atoms with Crippen LogP contribution in [0.25, 0.3) is 0 Å². The molecule has 2 heterocycles. The first kappa shape index (κ1) is 23.1. The Labute approximate surface area is 178 Å². The second kappa shape index (κ2) is 10.7. The number of carbonyl (C=O) groups excluding carboxylic acids is 1. The van der Waals surface area contributed by atoms with E-state index in [4.69, 9.17) is 9.73 Å². The number of aromatic nitrogens is 2. The number of hydrogen-bond donors (Lipinski definition) is 2. The average Bonchev–Trinajstić information content (AvgIpc) is 3.23. The van der Waals surface area contributed by atoms with Crippen molar-refractivity contribution >= 4 is 15.9 Å². The number of nitrogens with zero attached hydrogens (tertiary/aromatic N) is 3. The van der Waals surface area contributed by atoms with E-state index in [2.05, 4.69) is 10.1 Å². The Morgan fingerprint density at radius 3 is 2.57 bits per heavy atom. The van der Waals surface area contributed by atoms with Gasteiger partial charge in [-0.1, -0.05) is 50.1 Å². The fraction of sp³-hybridized carbons (Fsp3) is 0.850. The molecule has 9 nitrogen and oxygen atoms in total. The number of hydroxylamine groups is 1. The van der Waals surface area contributed by atoms with E-state index in [-0.39, 0.29) is 18.3 Å². The summed E-state index contributed by atoms with van der Waals surface area (Å²) in [5.74, 6) is 1.15. The maximum Gasteiger partial charge on any atom is 0.244 e. The molecule has 30 heavy (non-hydrogen) atoms. The molecule has 0 spiro atoms. The van der Waals surface area contributed by atoms with Crippen molar-refractivity contribution in [2.75, 3.05) is 19.3 Å². The molecule has 1 aliphatic heterocycles. The predicted octanol–water partition coefficient (Wildman–Crippen LogP) is 2.94. The van der Waals surface area contributed by atoms with E-state index in [0.717, 1.165) is 25.2 Å². The highest BCUT2D eigenvalue weighted by atomic mass is 32.2. The van der Waals surface area contributed by atoms with E-state index in [0.29, 0.717) is 37.6 Å². The molecule has 1 saturated carbocycles. The standard InChI is InChI=1S/C20H34N4O5S/c1-30(27,28)24-12-10-16(11-13-24)19-21-20(29-23-19)17(14-18(25)22-26)9-5-8-15-6-3-2-4-7-15/h15-17,26H,2-14H2,1H3,(H,22,25)/t17-/m0/s1. The van der Waals surface area contributed by atoms with Crippen LogP contribution in [-0.2, 0) is 14.8 Å². The Morgan fingerprint density at radius 2 is 1.93 bits per heavy atom. The Kier molecular flexibility index (Phi) is 8.24. The van der Waals surface area contributed by atoms with Crippen molar-refractivity contribution in [3.8, 4) is 0 Å². The molecule has 0 aromatic carbocycles. The predicted molar refractivity (Wildman–Crippen MR) is 110 cm³/mol. The lowest BCUT2D eigenvalue weighted by Crippen LogP contribution is -2.37. The van der Waals surface area contributed by atoms with Gasteiger partial charge in [0.15, 0.2) is 5.82 Å². The molecule has 0 unspecified atom stereocenters. The summed E-state index contributed by atoms with van der Waals surface area (Å²) in [5, 5.41) is 13.1. The number of carbonyl (C=O) groups is 1. The molecule has 3 rings (SSSR count). The van der Waals surface area contributed by atoms with Gasteiger partial charge in [-0.15, -0.1) is 0 Å². The number of piperidine rings is 1. The summed E-state index contributed by atoms with van der Waals surface area (Å²) in [5.41, 5.74) is 1.70. The summed E-state index contributed by atoms with van der Waals surface area (Å²) in [7, 11) is -3.17. The highest BCUT2D eigenvalue weighted by molar-refractivity contribution is 7.88. The van der Waals surface area contributed by atoms with Gasteiger partial charge in [-0.25, -0.2) is 18.2 Å². The highest BCUT2D eigenvalue weighted by Crippen LogP contribution is 2.32. The van der Waals surface area contributed by atoms with E-state index in [1.54, 1.807) is 5.48 Å². The second-order valence-electron chi connectivity index (χ2n) is 8.80. The molecule has 1 aromatic heterocycles. The van der Waals surface area contributed by atoms with Crippen LogP contribution in [0.2, 0.25) is 0 Å². The van der Waals surface area contributed by atoms with E-state index >= 15 is 0 Å². The topological polar surface area (TPSA) is 126 Å². The summed E-state index contributed by atoms with van der Waals surface area (Å²) in [4.78, 5) is 16.4. The number of hydrogen-bond acceptors (Lipinski definition) is 7. The summed E-state index contributed by atoms with van der Waals surface area (Å²) in [6, 6.07) is 0. The molecule has 1 aromatic rings. The van der Waals surface area contributed by atoms with Crippen LogP contribution >= 0.6 is 0 Å². The zero-order valence-corrected chi connectivity index (χ0v) is 18.6. The quantitative estimate of drug-likeness (QED) is 0.445. The number of sulfonamides is 1. The normalized spacial score (nSPS) is 20.9. The molecule has 1 saturated heterocycles. The average molecular weight is 443 g/mol. The SMILES string of the molecule is CS(=O)(=O)N1CCC(c2noc([C@@H](CCCC3CCCCC3)CC(=O)NO)n2)CC1. The first-order valence-electron chi connectivity index (χ1n) is 11.1. The van der Waals surface area contributed by atoms with Crippen molar-refractivity contribution < 1.29 is 22.9 Å². The van der Waals surface area contributed by atoms with Gasteiger partial charge >= 0.3 is 0 Å². The maximum atomic E-state index is 11.8. The lowest BCUT2D eigenvalue weighted by Gasteiger charge is -2.28. The first-order chi connectivity index (χ1) is 14.4. The molecule has 2 fully saturated rings. The van der Waals surface area contributed by atoms with Crippen molar-refractivity contribution in [1.82, 2.24) is 19.9 Å². The third-order valence-corrected chi connectivity index (χ3v) is 7.84. The highest BCUT2D eigenvalue weighted by Gasteiger charge is 2.30. The van der Waals surface area contributed by atoms with Crippen molar-refractivity contribution in [3.63, 3.8) is 0 Å². The first-order valence-corrected chi connectivity index (χ1v) is 12.9. The fourth-order valence-corrected chi connectivity index (χ4v) is 5.61. The van der Waals surface area contributed by atoms with Gasteiger partial charge in [-0.3, -0.25) is 10.0 Å². The molecular weight excluding hydrogens is 408 g/mol. The minimum Gasteiger partial charge on any atom is -0.339 e. The van der Waals surface area contributed by atoms with Crippen molar-refractivity contribution in [2.24, 2.45) is 5.92 Å². The molecule has 1 amide bonds. The summed E-state index contributed by atoms with van der Waals surface area (Å²) in [6.45, 7) is 0.899. The van der Waals surface area contributed by atoms with Crippen LogP contribution in [0.15, 0.2) is 4.52 Å². The number of rotatable bonds is 9. The summed E-state index contributed by atoms with van der Waals surface area (Å²) in [6.07, 6.45) is 12.1. The molecular formula is C20H34N4O5S. The van der Waals surface area contributed by atoms with Gasteiger partial charge in [0.05, 0.1) is 6.26 Å². The van der Waals surface area contributed by atoms with E-state index in [9.17, 15) is 13.2 Å². The van der Waals surface area contributed by atoms with Crippen molar-refractivity contribution in [1.29, 1.82) is 0 Å². The van der Waals surface area contributed by atoms with Crippen LogP contribution in [-0.4, -0.2) is 53.3 Å². The Hall–Kier alpha value is -1.52. The molecule has 1 atom stereocenters. The maximum absolute atomic E-state index is 11.8. The van der Waals surface area contributed by atoms with E-state index < -0.39 is 15.9 Å². The summed E-state index contributed by atoms with van der Waals surface area (Å²) < 4.78 is 30.4. The monoisotopic (exact) mass is 442 g/mol. The Morgan fingerprint density at radius 1 is 1.23 bits per heavy atom. The molecule has 10 heteroatoms. The number of amides is 1. The van der Waals surface area contributed by atoms with Crippen molar-refractivity contribution in [2.45, 2.75) is 82.5 Å². The van der Waals surface area contributed by atoms with E-state index in [1.807, 2.05) is 0 Å². The van der Waals surface area contributed by atoms with Gasteiger partial charge in [-0.2, -0.15) is 4.98 Å². The fourth-order valence-electron chi connectivity index (χ4n) is 4.74. The van der Waals surface area contributed by atoms with Gasteiger partial charge in [-0.05, 0) is 25.2 Å². The summed E-state index contributed by atoms with van der Waals surface area (Å²) >= 11 is 0. The van der Waals surface area contributed by atoms with Gasteiger partial charge in [0.25, 0.3) is 0 Å². The van der Waals surface area contributed by atoms with Gasteiger partial charge < -0.3 is 4.52 Å². The van der Waals surface area contributed by atoms with E-state index in [1.165, 1.54) is 42.7 Å². The van der Waals surface area contributed by atoms with Crippen LogP contribution in [0.4, 0.5) is 0 Å². The number of nitrogens with one attached hydrogen (secondary N) is 1. The molecule has 0 radical (unpaired) electrons. The molecule has 0 bridgehead atoms. The second-order valence-corrected chi connectivity index (χ2v) is 10.8.